The van der Waals surface area contributed by atoms with E-state index in [1.807, 2.05) is 59.5 Å². The molecule has 1 aromatic heterocycles. The number of H-pyrrole nitrogens is 1. The molecule has 3 aromatic rings. The van der Waals surface area contributed by atoms with Crippen molar-refractivity contribution in [1.29, 1.82) is 0 Å². The fourth-order valence-corrected chi connectivity index (χ4v) is 5.20. The number of imidazole rings is 1. The Morgan fingerprint density at radius 2 is 2.00 bits per heavy atom. The summed E-state index contributed by atoms with van der Waals surface area (Å²) >= 11 is 0. The van der Waals surface area contributed by atoms with Crippen LogP contribution >= 0.6 is 0 Å². The van der Waals surface area contributed by atoms with E-state index >= 15 is 0 Å². The van der Waals surface area contributed by atoms with Crippen LogP contribution in [0, 0.1) is 5.92 Å². The van der Waals surface area contributed by atoms with Crippen molar-refractivity contribution < 1.29 is 19.4 Å². The molecule has 8 heteroatoms. The lowest BCUT2D eigenvalue weighted by atomic mass is 9.95. The first-order valence-corrected chi connectivity index (χ1v) is 12.2. The summed E-state index contributed by atoms with van der Waals surface area (Å²) in [5, 5.41) is 15.1. The van der Waals surface area contributed by atoms with Crippen LogP contribution in [0.3, 0.4) is 0 Å². The fraction of sp³-hybridized carbons (Fsp3) is 0.407. The number of aromatic nitrogens is 2. The zero-order valence-electron chi connectivity index (χ0n) is 19.9. The summed E-state index contributed by atoms with van der Waals surface area (Å²) in [4.78, 5) is 23.2. The number of morpholine rings is 1. The van der Waals surface area contributed by atoms with E-state index < -0.39 is 12.0 Å². The Balaban J connectivity index is 1.39. The Hall–Kier alpha value is -3.20. The van der Waals surface area contributed by atoms with Crippen molar-refractivity contribution in [3.8, 4) is 17.1 Å². The molecule has 5 rings (SSSR count). The van der Waals surface area contributed by atoms with E-state index in [9.17, 15) is 9.90 Å². The normalized spacial score (nSPS) is 24.5. The van der Waals surface area contributed by atoms with Gasteiger partial charge in [-0.3, -0.25) is 4.79 Å². The average molecular weight is 477 g/mol. The van der Waals surface area contributed by atoms with Crippen molar-refractivity contribution >= 4 is 5.91 Å². The molecule has 3 N–H and O–H groups in total. The zero-order valence-corrected chi connectivity index (χ0v) is 19.9. The second kappa shape index (κ2) is 10.6. The highest BCUT2D eigenvalue weighted by molar-refractivity contribution is 5.80. The Bertz CT molecular complexity index is 1130. The Labute approximate surface area is 205 Å². The summed E-state index contributed by atoms with van der Waals surface area (Å²) in [6.07, 6.45) is 1.52. The number of aromatic amines is 1. The van der Waals surface area contributed by atoms with Gasteiger partial charge in [0.25, 0.3) is 0 Å². The number of aliphatic hydroxyl groups is 1. The Morgan fingerprint density at radius 1 is 1.20 bits per heavy atom. The third kappa shape index (κ3) is 5.10. The molecule has 2 aliphatic rings. The molecule has 4 atom stereocenters. The van der Waals surface area contributed by atoms with E-state index in [2.05, 4.69) is 15.3 Å². The van der Waals surface area contributed by atoms with Gasteiger partial charge in [-0.25, -0.2) is 4.98 Å². The van der Waals surface area contributed by atoms with Crippen molar-refractivity contribution in [2.45, 2.75) is 31.0 Å². The molecule has 0 radical (unpaired) electrons. The molecule has 8 nitrogen and oxygen atoms in total. The van der Waals surface area contributed by atoms with Gasteiger partial charge in [0.05, 0.1) is 32.3 Å². The predicted molar refractivity (Wildman–Crippen MR) is 132 cm³/mol. The summed E-state index contributed by atoms with van der Waals surface area (Å²) in [7, 11) is 1.65. The highest BCUT2D eigenvalue weighted by Crippen LogP contribution is 2.40. The summed E-state index contributed by atoms with van der Waals surface area (Å²) in [5.74, 6) is 0.778. The van der Waals surface area contributed by atoms with Gasteiger partial charge in [0, 0.05) is 49.0 Å². The molecule has 184 valence electrons. The zero-order chi connectivity index (χ0) is 24.2. The molecule has 1 aliphatic carbocycles. The highest BCUT2D eigenvalue weighted by Gasteiger charge is 2.48. The number of hydrogen-bond donors (Lipinski definition) is 3. The van der Waals surface area contributed by atoms with Crippen LogP contribution in [0.5, 0.6) is 5.75 Å². The van der Waals surface area contributed by atoms with Gasteiger partial charge >= 0.3 is 0 Å². The van der Waals surface area contributed by atoms with Crippen LogP contribution in [0.1, 0.15) is 23.6 Å². The van der Waals surface area contributed by atoms with Crippen molar-refractivity contribution in [3.05, 3.63) is 72.1 Å². The number of rotatable bonds is 7. The minimum atomic E-state index is -0.822. The molecule has 1 saturated heterocycles. The second-order valence-electron chi connectivity index (χ2n) is 9.19. The lowest BCUT2D eigenvalue weighted by molar-refractivity contribution is -0.142. The summed E-state index contributed by atoms with van der Waals surface area (Å²) < 4.78 is 10.8. The smallest absolute Gasteiger partial charge is 0.228 e. The summed E-state index contributed by atoms with van der Waals surface area (Å²) in [5.41, 5.74) is 2.89. The number of nitrogens with zero attached hydrogens (tertiary/aromatic N) is 2. The molecule has 1 amide bonds. The summed E-state index contributed by atoms with van der Waals surface area (Å²) in [6.45, 7) is 2.81. The van der Waals surface area contributed by atoms with Gasteiger partial charge in [-0.1, -0.05) is 42.5 Å². The van der Waals surface area contributed by atoms with E-state index in [0.29, 0.717) is 39.3 Å². The lowest BCUT2D eigenvalue weighted by Crippen LogP contribution is -2.45. The first-order valence-electron chi connectivity index (χ1n) is 12.2. The lowest BCUT2D eigenvalue weighted by Gasteiger charge is -2.30. The second-order valence-corrected chi connectivity index (χ2v) is 9.19. The topological polar surface area (TPSA) is 99.7 Å². The monoisotopic (exact) mass is 476 g/mol. The van der Waals surface area contributed by atoms with E-state index in [0.717, 1.165) is 28.4 Å². The molecule has 0 unspecified atom stereocenters. The maximum atomic E-state index is 13.4. The third-order valence-electron chi connectivity index (χ3n) is 7.07. The van der Waals surface area contributed by atoms with Crippen molar-refractivity contribution in [1.82, 2.24) is 20.2 Å². The first-order chi connectivity index (χ1) is 17.1. The molecule has 2 fully saturated rings. The average Bonchev–Trinajstić information content (AvgIpc) is 3.52. The molecular weight excluding hydrogens is 444 g/mol. The fourth-order valence-electron chi connectivity index (χ4n) is 5.20. The van der Waals surface area contributed by atoms with E-state index in [4.69, 9.17) is 9.47 Å². The number of aliphatic hydroxyl groups excluding tert-OH is 1. The molecule has 0 bridgehead atoms. The van der Waals surface area contributed by atoms with Crippen LogP contribution < -0.4 is 10.1 Å². The summed E-state index contributed by atoms with van der Waals surface area (Å²) in [6, 6.07) is 17.7. The maximum absolute atomic E-state index is 13.4. The number of carbonyl (C=O) groups excluding carboxylic acids is 1. The molecule has 2 heterocycles. The van der Waals surface area contributed by atoms with Gasteiger partial charge in [-0.15, -0.1) is 0 Å². The molecule has 0 spiro atoms. The van der Waals surface area contributed by atoms with Crippen LogP contribution in [0.15, 0.2) is 60.8 Å². The number of amides is 1. The Kier molecular flexibility index (Phi) is 7.13. The van der Waals surface area contributed by atoms with Crippen molar-refractivity contribution in [2.24, 2.45) is 5.92 Å². The van der Waals surface area contributed by atoms with E-state index in [-0.39, 0.29) is 17.9 Å². The maximum Gasteiger partial charge on any atom is 0.228 e. The number of methoxy groups -OCH3 is 1. The van der Waals surface area contributed by atoms with Gasteiger partial charge in [-0.05, 0) is 24.1 Å². The van der Waals surface area contributed by atoms with Crippen LogP contribution in [0.2, 0.25) is 0 Å². The molecular formula is C27H32N4O4. The van der Waals surface area contributed by atoms with Crippen molar-refractivity contribution in [3.63, 3.8) is 0 Å². The number of nitrogens with one attached hydrogen (secondary N) is 2. The van der Waals surface area contributed by atoms with Gasteiger partial charge in [-0.2, -0.15) is 0 Å². The SMILES string of the molecule is COc1cccc(CN[C@@H]2C[C@H](C(=O)N3CCOCC3)[C@@H](O)[C@H]2c2cnc(-c3ccccc3)[nH]2)c1. The standard InChI is InChI=1S/C27H32N4O4/c1-34-20-9-5-6-18(14-20)16-28-22-15-21(27(33)31-10-12-35-13-11-31)25(32)24(22)23-17-29-26(30-23)19-7-3-2-4-8-19/h2-9,14,17,21-22,24-25,28,32H,10-13,15-16H2,1H3,(H,29,30)/t21-,22+,24+,25+/m0/s1. The van der Waals surface area contributed by atoms with Crippen LogP contribution in [0.25, 0.3) is 11.4 Å². The van der Waals surface area contributed by atoms with Gasteiger partial charge < -0.3 is 29.8 Å². The number of hydrogen-bond acceptors (Lipinski definition) is 6. The number of benzene rings is 2. The van der Waals surface area contributed by atoms with Gasteiger partial charge in [0.15, 0.2) is 0 Å². The molecule has 1 aliphatic heterocycles. The molecule has 1 saturated carbocycles. The minimum absolute atomic E-state index is 0.000668. The highest BCUT2D eigenvalue weighted by atomic mass is 16.5. The minimum Gasteiger partial charge on any atom is -0.497 e. The Morgan fingerprint density at radius 3 is 2.77 bits per heavy atom. The largest absolute Gasteiger partial charge is 0.497 e. The van der Waals surface area contributed by atoms with Gasteiger partial charge in [0.1, 0.15) is 11.6 Å². The first kappa shape index (κ1) is 23.5. The number of ether oxygens (including phenoxy) is 2. The van der Waals surface area contributed by atoms with Crippen LogP contribution in [-0.4, -0.2) is 71.4 Å². The third-order valence-corrected chi connectivity index (χ3v) is 7.07. The predicted octanol–water partition coefficient (Wildman–Crippen LogP) is 2.57. The van der Waals surface area contributed by atoms with E-state index in [1.165, 1.54) is 0 Å². The molecule has 35 heavy (non-hydrogen) atoms. The number of carbonyl (C=O) groups is 1. The molecule has 2 aromatic carbocycles. The quantitative estimate of drug-likeness (QED) is 0.485. The van der Waals surface area contributed by atoms with Crippen LogP contribution in [0.4, 0.5) is 0 Å². The van der Waals surface area contributed by atoms with Gasteiger partial charge in [0.2, 0.25) is 5.91 Å². The van der Waals surface area contributed by atoms with E-state index in [1.54, 1.807) is 13.3 Å². The van der Waals surface area contributed by atoms with Crippen LogP contribution in [-0.2, 0) is 16.1 Å². The van der Waals surface area contributed by atoms with Crippen molar-refractivity contribution in [2.75, 3.05) is 33.4 Å².